The Hall–Kier alpha value is -2.15. The Morgan fingerprint density at radius 3 is 2.80 bits per heavy atom. The fourth-order valence-electron chi connectivity index (χ4n) is 3.90. The molecule has 7 nitrogen and oxygen atoms in total. The van der Waals surface area contributed by atoms with Crippen molar-refractivity contribution in [3.05, 3.63) is 22.1 Å². The van der Waals surface area contributed by atoms with E-state index in [9.17, 15) is 4.79 Å². The van der Waals surface area contributed by atoms with Crippen molar-refractivity contribution >= 4 is 22.7 Å². The van der Waals surface area contributed by atoms with Gasteiger partial charge in [-0.25, -0.2) is 4.98 Å². The molecule has 134 valence electrons. The van der Waals surface area contributed by atoms with E-state index >= 15 is 0 Å². The van der Waals surface area contributed by atoms with E-state index < -0.39 is 0 Å². The molecule has 1 aliphatic carbocycles. The Morgan fingerprint density at radius 1 is 1.28 bits per heavy atom. The Kier molecular flexibility index (Phi) is 4.33. The molecule has 2 fully saturated rings. The van der Waals surface area contributed by atoms with E-state index in [1.165, 1.54) is 19.3 Å². The maximum atomic E-state index is 12.8. The van der Waals surface area contributed by atoms with E-state index in [0.717, 1.165) is 24.6 Å². The highest BCUT2D eigenvalue weighted by atomic mass is 16.5. The van der Waals surface area contributed by atoms with Crippen LogP contribution in [0.2, 0.25) is 0 Å². The molecule has 3 heterocycles. The van der Waals surface area contributed by atoms with Crippen LogP contribution in [0, 0.1) is 6.92 Å². The van der Waals surface area contributed by atoms with E-state index in [2.05, 4.69) is 15.3 Å². The van der Waals surface area contributed by atoms with Crippen molar-refractivity contribution in [2.75, 3.05) is 24.3 Å². The average molecular weight is 343 g/mol. The molecule has 0 spiro atoms. The van der Waals surface area contributed by atoms with Crippen LogP contribution in [0.1, 0.15) is 50.1 Å². The van der Waals surface area contributed by atoms with Crippen LogP contribution < -0.4 is 16.6 Å². The van der Waals surface area contributed by atoms with Crippen molar-refractivity contribution in [2.45, 2.75) is 57.5 Å². The summed E-state index contributed by atoms with van der Waals surface area (Å²) in [7, 11) is 0. The van der Waals surface area contributed by atoms with Crippen LogP contribution in [0.3, 0.4) is 0 Å². The van der Waals surface area contributed by atoms with Gasteiger partial charge in [0.2, 0.25) is 5.95 Å². The summed E-state index contributed by atoms with van der Waals surface area (Å²) in [5.41, 5.74) is 7.73. The number of aromatic nitrogens is 3. The highest BCUT2D eigenvalue weighted by Gasteiger charge is 2.24. The lowest BCUT2D eigenvalue weighted by Crippen LogP contribution is -2.29. The molecule has 0 bridgehead atoms. The number of nitrogens with one attached hydrogen (secondary N) is 1. The van der Waals surface area contributed by atoms with Crippen molar-refractivity contribution < 1.29 is 4.74 Å². The van der Waals surface area contributed by atoms with Gasteiger partial charge in [-0.1, -0.05) is 19.3 Å². The van der Waals surface area contributed by atoms with Crippen molar-refractivity contribution in [3.8, 4) is 0 Å². The minimum absolute atomic E-state index is 0.00623. The monoisotopic (exact) mass is 343 g/mol. The van der Waals surface area contributed by atoms with Gasteiger partial charge in [0.05, 0.1) is 23.7 Å². The third-order valence-electron chi connectivity index (χ3n) is 5.44. The second-order valence-electron chi connectivity index (χ2n) is 7.14. The van der Waals surface area contributed by atoms with Gasteiger partial charge in [-0.2, -0.15) is 4.98 Å². The van der Waals surface area contributed by atoms with E-state index in [1.54, 1.807) is 17.7 Å². The van der Waals surface area contributed by atoms with Crippen molar-refractivity contribution in [3.63, 3.8) is 0 Å². The van der Waals surface area contributed by atoms with E-state index in [0.29, 0.717) is 42.1 Å². The zero-order valence-corrected chi connectivity index (χ0v) is 14.6. The largest absolute Gasteiger partial charge is 0.398 e. The number of hydrogen-bond donors (Lipinski definition) is 2. The summed E-state index contributed by atoms with van der Waals surface area (Å²) in [6.07, 6.45) is 8.60. The van der Waals surface area contributed by atoms with Gasteiger partial charge in [-0.05, 0) is 26.2 Å². The van der Waals surface area contributed by atoms with E-state index in [1.807, 2.05) is 0 Å². The van der Waals surface area contributed by atoms with Crippen LogP contribution in [0.4, 0.5) is 11.6 Å². The van der Waals surface area contributed by atoms with Crippen LogP contribution in [0.5, 0.6) is 0 Å². The fraction of sp³-hybridized carbons (Fsp3) is 0.611. The smallest absolute Gasteiger partial charge is 0.257 e. The summed E-state index contributed by atoms with van der Waals surface area (Å²) in [5.74, 6) is 0.578. The van der Waals surface area contributed by atoms with Crippen LogP contribution in [0.25, 0.3) is 11.0 Å². The normalized spacial score (nSPS) is 21.7. The molecule has 0 radical (unpaired) electrons. The maximum absolute atomic E-state index is 12.8. The molecular formula is C18H25N5O2. The predicted octanol–water partition coefficient (Wildman–Crippen LogP) is 2.39. The molecule has 1 saturated heterocycles. The van der Waals surface area contributed by atoms with Crippen molar-refractivity contribution in [1.29, 1.82) is 0 Å². The van der Waals surface area contributed by atoms with E-state index in [4.69, 9.17) is 10.5 Å². The number of pyridine rings is 1. The zero-order chi connectivity index (χ0) is 17.4. The second kappa shape index (κ2) is 6.63. The molecule has 7 heteroatoms. The summed E-state index contributed by atoms with van der Waals surface area (Å²) < 4.78 is 7.24. The Morgan fingerprint density at radius 2 is 2.08 bits per heavy atom. The van der Waals surface area contributed by atoms with Gasteiger partial charge in [-0.15, -0.1) is 0 Å². The number of nitrogens with two attached hydrogens (primary N) is 1. The van der Waals surface area contributed by atoms with Crippen LogP contribution in [-0.4, -0.2) is 33.8 Å². The summed E-state index contributed by atoms with van der Waals surface area (Å²) >= 11 is 0. The third-order valence-corrected chi connectivity index (χ3v) is 5.44. The number of hydrogen-bond acceptors (Lipinski definition) is 6. The first-order chi connectivity index (χ1) is 12.1. The predicted molar refractivity (Wildman–Crippen MR) is 97.9 cm³/mol. The lowest BCUT2D eigenvalue weighted by Gasteiger charge is -2.23. The molecular weight excluding hydrogens is 318 g/mol. The standard InChI is InChI=1S/C18H25N5O2/c1-11-15(19)14-9-20-18(21-12-5-3-2-4-6-12)22-16(14)23(17(11)24)13-7-8-25-10-13/h9,12-13H,2-8,10,19H2,1H3,(H,20,21,22)/t13-/m1/s1. The molecule has 0 amide bonds. The minimum atomic E-state index is -0.0807. The number of nitrogen functional groups attached to an aromatic ring is 1. The highest BCUT2D eigenvalue weighted by molar-refractivity contribution is 5.89. The Balaban J connectivity index is 1.80. The number of rotatable bonds is 3. The zero-order valence-electron chi connectivity index (χ0n) is 14.6. The number of nitrogens with zero attached hydrogens (tertiary/aromatic N) is 3. The molecule has 0 unspecified atom stereocenters. The summed E-state index contributed by atoms with van der Waals surface area (Å²) in [4.78, 5) is 22.0. The van der Waals surface area contributed by atoms with Gasteiger partial charge in [-0.3, -0.25) is 9.36 Å². The molecule has 1 aliphatic heterocycles. The molecule has 1 saturated carbocycles. The van der Waals surface area contributed by atoms with E-state index in [-0.39, 0.29) is 11.6 Å². The second-order valence-corrected chi connectivity index (χ2v) is 7.14. The Labute approximate surface area is 146 Å². The van der Waals surface area contributed by atoms with Gasteiger partial charge >= 0.3 is 0 Å². The maximum Gasteiger partial charge on any atom is 0.257 e. The van der Waals surface area contributed by atoms with Crippen molar-refractivity contribution in [1.82, 2.24) is 14.5 Å². The third kappa shape index (κ3) is 2.97. The minimum Gasteiger partial charge on any atom is -0.398 e. The first-order valence-electron chi connectivity index (χ1n) is 9.16. The van der Waals surface area contributed by atoms with Crippen molar-refractivity contribution in [2.24, 2.45) is 0 Å². The average Bonchev–Trinajstić information content (AvgIpc) is 3.15. The molecule has 2 aliphatic rings. The fourth-order valence-corrected chi connectivity index (χ4v) is 3.90. The number of fused-ring (bicyclic) bond motifs is 1. The molecule has 4 rings (SSSR count). The van der Waals surface area contributed by atoms with Gasteiger partial charge < -0.3 is 15.8 Å². The molecule has 0 aromatic carbocycles. The first-order valence-corrected chi connectivity index (χ1v) is 9.16. The quantitative estimate of drug-likeness (QED) is 0.888. The Bertz CT molecular complexity index is 835. The highest BCUT2D eigenvalue weighted by Crippen LogP contribution is 2.27. The molecule has 25 heavy (non-hydrogen) atoms. The molecule has 2 aromatic heterocycles. The molecule has 3 N–H and O–H groups in total. The van der Waals surface area contributed by atoms with Gasteiger partial charge in [0.1, 0.15) is 0 Å². The van der Waals surface area contributed by atoms with Crippen LogP contribution in [0.15, 0.2) is 11.0 Å². The topological polar surface area (TPSA) is 95.1 Å². The van der Waals surface area contributed by atoms with Crippen LogP contribution >= 0.6 is 0 Å². The number of anilines is 2. The summed E-state index contributed by atoms with van der Waals surface area (Å²) in [6, 6.07) is 0.413. The SMILES string of the molecule is Cc1c(N)c2cnc(NC3CCCCC3)nc2n([C@@H]2CCOC2)c1=O. The summed E-state index contributed by atoms with van der Waals surface area (Å²) in [5, 5.41) is 4.17. The van der Waals surface area contributed by atoms with Gasteiger partial charge in [0.25, 0.3) is 5.56 Å². The first kappa shape index (κ1) is 16.3. The lowest BCUT2D eigenvalue weighted by atomic mass is 9.96. The van der Waals surface area contributed by atoms with Crippen LogP contribution in [-0.2, 0) is 4.74 Å². The number of ether oxygens (including phenoxy) is 1. The molecule has 1 atom stereocenters. The summed E-state index contributed by atoms with van der Waals surface area (Å²) in [6.45, 7) is 2.96. The molecule has 2 aromatic rings. The van der Waals surface area contributed by atoms with Gasteiger partial charge in [0, 0.05) is 24.4 Å². The lowest BCUT2D eigenvalue weighted by molar-refractivity contribution is 0.186. The van der Waals surface area contributed by atoms with Gasteiger partial charge in [0.15, 0.2) is 5.65 Å².